The zero-order chi connectivity index (χ0) is 20.7. The minimum atomic E-state index is -3.72. The predicted molar refractivity (Wildman–Crippen MR) is 114 cm³/mol. The summed E-state index contributed by atoms with van der Waals surface area (Å²) in [5.41, 5.74) is 0.380. The van der Waals surface area contributed by atoms with Crippen molar-refractivity contribution in [1.82, 2.24) is 14.9 Å². The van der Waals surface area contributed by atoms with E-state index >= 15 is 0 Å². The number of carbonyl (C=O) groups is 1. The molecular weight excluding hydrogens is 386 g/mol. The third-order valence-corrected chi connectivity index (χ3v) is 7.56. The Kier molecular flexibility index (Phi) is 7.33. The molecule has 1 aliphatic carbocycles. The highest BCUT2D eigenvalue weighted by Gasteiger charge is 2.38. The van der Waals surface area contributed by atoms with E-state index in [1.54, 1.807) is 12.1 Å². The maximum absolute atomic E-state index is 12.8. The number of hydrogen-bond acceptors (Lipinski definition) is 4. The average Bonchev–Trinajstić information content (AvgIpc) is 2.77. The fourth-order valence-electron chi connectivity index (χ4n) is 4.55. The van der Waals surface area contributed by atoms with Gasteiger partial charge in [-0.3, -0.25) is 9.69 Å². The van der Waals surface area contributed by atoms with Gasteiger partial charge in [0.05, 0.1) is 11.4 Å². The van der Waals surface area contributed by atoms with Crippen LogP contribution in [0.1, 0.15) is 61.7 Å². The molecule has 2 N–H and O–H groups in total. The maximum atomic E-state index is 12.8. The summed E-state index contributed by atoms with van der Waals surface area (Å²) in [5.74, 6) is 2.01. The molecule has 1 aliphatic heterocycles. The fraction of sp³-hybridized carbons (Fsp3) is 0.591. The minimum absolute atomic E-state index is 0.0341. The van der Waals surface area contributed by atoms with Crippen molar-refractivity contribution in [2.75, 3.05) is 26.2 Å². The molecule has 2 fully saturated rings. The van der Waals surface area contributed by atoms with Crippen LogP contribution in [0, 0.1) is 12.3 Å². The molecule has 1 aromatic carbocycles. The molecule has 3 rings (SSSR count). The molecule has 158 valence electrons. The van der Waals surface area contributed by atoms with Crippen molar-refractivity contribution in [3.8, 4) is 12.3 Å². The van der Waals surface area contributed by atoms with Gasteiger partial charge < -0.3 is 5.32 Å². The van der Waals surface area contributed by atoms with E-state index in [0.29, 0.717) is 12.1 Å². The van der Waals surface area contributed by atoms with Crippen LogP contribution >= 0.6 is 0 Å². The lowest BCUT2D eigenvalue weighted by Gasteiger charge is -2.48. The Hall–Kier alpha value is -1.88. The maximum Gasteiger partial charge on any atom is 0.251 e. The van der Waals surface area contributed by atoms with Crippen LogP contribution in [0.25, 0.3) is 0 Å². The number of nitrogens with zero attached hydrogens (tertiary/aromatic N) is 1. The van der Waals surface area contributed by atoms with Gasteiger partial charge in [-0.2, -0.15) is 4.72 Å². The van der Waals surface area contributed by atoms with E-state index in [1.165, 1.54) is 50.7 Å². The van der Waals surface area contributed by atoms with E-state index in [1.807, 2.05) is 0 Å². The molecule has 1 heterocycles. The molecule has 6 nitrogen and oxygen atoms in total. The van der Waals surface area contributed by atoms with E-state index in [2.05, 4.69) is 20.9 Å². The standard InChI is InChI=1S/C22H31N3O3S/c1-2-14-24-29(27,28)20-11-9-10-19(17-20)21(26)23-18-22(12-5-3-6-13-22)25-15-7-4-8-16-25/h1,9-11,17,24H,3-8,12-16,18H2,(H,23,26). The van der Waals surface area contributed by atoms with Crippen molar-refractivity contribution in [2.45, 2.75) is 61.8 Å². The topological polar surface area (TPSA) is 78.5 Å². The van der Waals surface area contributed by atoms with Crippen molar-refractivity contribution >= 4 is 15.9 Å². The molecule has 0 unspecified atom stereocenters. The Bertz CT molecular complexity index is 848. The normalized spacial score (nSPS) is 20.0. The molecule has 1 aromatic rings. The Morgan fingerprint density at radius 1 is 1.10 bits per heavy atom. The molecule has 0 aromatic heterocycles. The monoisotopic (exact) mass is 417 g/mol. The van der Waals surface area contributed by atoms with Crippen molar-refractivity contribution in [2.24, 2.45) is 0 Å². The number of nitrogens with one attached hydrogen (secondary N) is 2. The zero-order valence-corrected chi connectivity index (χ0v) is 17.8. The first-order chi connectivity index (χ1) is 14.0. The van der Waals surface area contributed by atoms with Gasteiger partial charge in [0.15, 0.2) is 0 Å². The van der Waals surface area contributed by atoms with Crippen molar-refractivity contribution in [3.05, 3.63) is 29.8 Å². The Labute approximate surface area is 174 Å². The summed E-state index contributed by atoms with van der Waals surface area (Å²) in [5, 5.41) is 3.10. The van der Waals surface area contributed by atoms with Gasteiger partial charge >= 0.3 is 0 Å². The van der Waals surface area contributed by atoms with Gasteiger partial charge in [0.25, 0.3) is 5.91 Å². The second kappa shape index (κ2) is 9.75. The lowest BCUT2D eigenvalue weighted by atomic mass is 9.79. The largest absolute Gasteiger partial charge is 0.350 e. The smallest absolute Gasteiger partial charge is 0.251 e. The summed E-state index contributed by atoms with van der Waals surface area (Å²) < 4.78 is 26.9. The lowest BCUT2D eigenvalue weighted by Crippen LogP contribution is -2.58. The van der Waals surface area contributed by atoms with Crippen LogP contribution in [0.2, 0.25) is 0 Å². The Balaban J connectivity index is 1.70. The molecule has 0 radical (unpaired) electrons. The molecule has 2 aliphatic rings. The van der Waals surface area contributed by atoms with E-state index in [4.69, 9.17) is 6.42 Å². The SMILES string of the molecule is C#CCNS(=O)(=O)c1cccc(C(=O)NCC2(N3CCCCC3)CCCCC2)c1. The lowest BCUT2D eigenvalue weighted by molar-refractivity contribution is 0.0326. The van der Waals surface area contributed by atoms with Gasteiger partial charge in [-0.05, 0) is 57.0 Å². The highest BCUT2D eigenvalue weighted by molar-refractivity contribution is 7.89. The summed E-state index contributed by atoms with van der Waals surface area (Å²) in [6, 6.07) is 6.10. The number of hydrogen-bond donors (Lipinski definition) is 2. The summed E-state index contributed by atoms with van der Waals surface area (Å²) in [6.07, 6.45) is 14.7. The summed E-state index contributed by atoms with van der Waals surface area (Å²) in [6.45, 7) is 2.73. The second-order valence-electron chi connectivity index (χ2n) is 8.07. The fourth-order valence-corrected chi connectivity index (χ4v) is 5.53. The number of amides is 1. The molecule has 0 spiro atoms. The molecule has 1 saturated heterocycles. The van der Waals surface area contributed by atoms with Crippen LogP contribution < -0.4 is 10.0 Å². The van der Waals surface area contributed by atoms with Crippen molar-refractivity contribution < 1.29 is 13.2 Å². The van der Waals surface area contributed by atoms with E-state index in [9.17, 15) is 13.2 Å². The number of terminal acetylenes is 1. The van der Waals surface area contributed by atoms with Crippen LogP contribution in [0.3, 0.4) is 0 Å². The van der Waals surface area contributed by atoms with Crippen molar-refractivity contribution in [1.29, 1.82) is 0 Å². The first kappa shape index (κ1) is 21.8. The van der Waals surface area contributed by atoms with Gasteiger partial charge in [-0.15, -0.1) is 6.42 Å². The molecule has 29 heavy (non-hydrogen) atoms. The van der Waals surface area contributed by atoms with Gasteiger partial charge in [0.1, 0.15) is 0 Å². The van der Waals surface area contributed by atoms with E-state index in [-0.39, 0.29) is 22.9 Å². The van der Waals surface area contributed by atoms with Crippen molar-refractivity contribution in [3.63, 3.8) is 0 Å². The van der Waals surface area contributed by atoms with E-state index < -0.39 is 10.0 Å². The van der Waals surface area contributed by atoms with Gasteiger partial charge in [0, 0.05) is 17.6 Å². The number of carbonyl (C=O) groups excluding carboxylic acids is 1. The number of piperidine rings is 1. The van der Waals surface area contributed by atoms with Crippen LogP contribution in [-0.2, 0) is 10.0 Å². The highest BCUT2D eigenvalue weighted by Crippen LogP contribution is 2.35. The minimum Gasteiger partial charge on any atom is -0.350 e. The predicted octanol–water partition coefficient (Wildman–Crippen LogP) is 2.52. The third kappa shape index (κ3) is 5.39. The van der Waals surface area contributed by atoms with Crippen LogP contribution in [0.4, 0.5) is 0 Å². The molecule has 1 amide bonds. The van der Waals surface area contributed by atoms with Gasteiger partial charge in [0.2, 0.25) is 10.0 Å². The van der Waals surface area contributed by atoms with Crippen LogP contribution in [-0.4, -0.2) is 50.9 Å². The second-order valence-corrected chi connectivity index (χ2v) is 9.84. The quantitative estimate of drug-likeness (QED) is 0.668. The van der Waals surface area contributed by atoms with Gasteiger partial charge in [-0.1, -0.05) is 37.7 Å². The van der Waals surface area contributed by atoms with Gasteiger partial charge in [-0.25, -0.2) is 8.42 Å². The number of likely N-dealkylation sites (tertiary alicyclic amines) is 1. The molecule has 1 saturated carbocycles. The Morgan fingerprint density at radius 3 is 2.48 bits per heavy atom. The highest BCUT2D eigenvalue weighted by atomic mass is 32.2. The van der Waals surface area contributed by atoms with Crippen LogP contribution in [0.5, 0.6) is 0 Å². The average molecular weight is 418 g/mol. The zero-order valence-electron chi connectivity index (χ0n) is 17.0. The molecule has 0 atom stereocenters. The Morgan fingerprint density at radius 2 is 1.79 bits per heavy atom. The summed E-state index contributed by atoms with van der Waals surface area (Å²) >= 11 is 0. The molecular formula is C22H31N3O3S. The van der Waals surface area contributed by atoms with E-state index in [0.717, 1.165) is 25.9 Å². The first-order valence-electron chi connectivity index (χ1n) is 10.5. The number of rotatable bonds is 7. The first-order valence-corrected chi connectivity index (χ1v) is 12.0. The molecule has 7 heteroatoms. The molecule has 0 bridgehead atoms. The third-order valence-electron chi connectivity index (χ3n) is 6.16. The summed E-state index contributed by atoms with van der Waals surface area (Å²) in [7, 11) is -3.72. The summed E-state index contributed by atoms with van der Waals surface area (Å²) in [4.78, 5) is 15.5. The van der Waals surface area contributed by atoms with Crippen LogP contribution in [0.15, 0.2) is 29.2 Å². The number of benzene rings is 1. The number of sulfonamides is 1.